The molecule has 2 heteroatoms. The summed E-state index contributed by atoms with van der Waals surface area (Å²) >= 11 is 0. The molecular weight excluding hydrogens is 258 g/mol. The molecule has 21 heavy (non-hydrogen) atoms. The predicted octanol–water partition coefficient (Wildman–Crippen LogP) is 4.40. The van der Waals surface area contributed by atoms with Crippen LogP contribution >= 0.6 is 0 Å². The zero-order valence-electron chi connectivity index (χ0n) is 11.6. The molecule has 0 aliphatic heterocycles. The normalized spacial score (nSPS) is 10.3. The molecule has 0 heterocycles. The first kappa shape index (κ1) is 13.4. The lowest BCUT2D eigenvalue weighted by molar-refractivity contribution is 0.482. The summed E-state index contributed by atoms with van der Waals surface area (Å²) in [7, 11) is 0. The zero-order chi connectivity index (χ0) is 14.5. The van der Waals surface area contributed by atoms with Gasteiger partial charge in [-0.1, -0.05) is 42.5 Å². The van der Waals surface area contributed by atoms with E-state index in [0.29, 0.717) is 12.3 Å². The Morgan fingerprint density at radius 2 is 1.67 bits per heavy atom. The van der Waals surface area contributed by atoms with Gasteiger partial charge in [0.05, 0.1) is 0 Å². The summed E-state index contributed by atoms with van der Waals surface area (Å²) in [5, 5.41) is 0. The molecule has 0 amide bonds. The van der Waals surface area contributed by atoms with E-state index < -0.39 is 0 Å². The highest BCUT2D eigenvalue weighted by atomic mass is 16.5. The average molecular weight is 274 g/mol. The highest BCUT2D eigenvalue weighted by Gasteiger charge is 2.02. The molecule has 0 aliphatic carbocycles. The van der Waals surface area contributed by atoms with Gasteiger partial charge in [0, 0.05) is 12.6 Å². The maximum Gasteiger partial charge on any atom is 0.136 e. The first-order valence-electron chi connectivity index (χ1n) is 6.89. The van der Waals surface area contributed by atoms with Crippen LogP contribution in [-0.2, 0) is 6.54 Å². The van der Waals surface area contributed by atoms with Gasteiger partial charge < -0.3 is 10.5 Å². The van der Waals surface area contributed by atoms with Gasteiger partial charge >= 0.3 is 0 Å². The van der Waals surface area contributed by atoms with Crippen LogP contribution < -0.4 is 10.5 Å². The van der Waals surface area contributed by atoms with Crippen LogP contribution in [0.4, 0.5) is 0 Å². The maximum absolute atomic E-state index is 5.82. The molecule has 0 atom stereocenters. The van der Waals surface area contributed by atoms with Gasteiger partial charge in [0.1, 0.15) is 11.5 Å². The Morgan fingerprint density at radius 1 is 0.857 bits per heavy atom. The van der Waals surface area contributed by atoms with E-state index in [1.807, 2.05) is 60.7 Å². The standard InChI is InChI=1S/C19H16NO/c20-14-15-6-4-7-16(12-15)17-8-5-11-19(13-17)21-18-9-2-1-3-10-18/h1-10,12-13H,14,20H2. The smallest absolute Gasteiger partial charge is 0.136 e. The number of nitrogens with two attached hydrogens (primary N) is 1. The van der Waals surface area contributed by atoms with Crippen molar-refractivity contribution >= 4 is 0 Å². The predicted molar refractivity (Wildman–Crippen MR) is 85.1 cm³/mol. The summed E-state index contributed by atoms with van der Waals surface area (Å²) in [6, 6.07) is 26.9. The van der Waals surface area contributed by atoms with Crippen molar-refractivity contribution in [2.75, 3.05) is 0 Å². The van der Waals surface area contributed by atoms with E-state index in [1.165, 1.54) is 0 Å². The fourth-order valence-corrected chi connectivity index (χ4v) is 2.18. The largest absolute Gasteiger partial charge is 0.457 e. The number of rotatable bonds is 4. The Balaban J connectivity index is 1.89. The minimum atomic E-state index is 0.542. The molecule has 3 aromatic rings. The molecule has 103 valence electrons. The zero-order valence-corrected chi connectivity index (χ0v) is 11.6. The quantitative estimate of drug-likeness (QED) is 0.765. The van der Waals surface area contributed by atoms with E-state index >= 15 is 0 Å². The lowest BCUT2D eigenvalue weighted by atomic mass is 10.0. The van der Waals surface area contributed by atoms with Crippen molar-refractivity contribution in [2.24, 2.45) is 5.73 Å². The van der Waals surface area contributed by atoms with E-state index in [4.69, 9.17) is 10.5 Å². The molecule has 0 spiro atoms. The molecule has 0 aliphatic rings. The van der Waals surface area contributed by atoms with Gasteiger partial charge in [-0.25, -0.2) is 0 Å². The lowest BCUT2D eigenvalue weighted by Gasteiger charge is -2.08. The SMILES string of the molecule is NCc1cccc(-c2cc[c]c(Oc3ccccc3)c2)c1. The van der Waals surface area contributed by atoms with Gasteiger partial charge in [-0.15, -0.1) is 0 Å². The Kier molecular flexibility index (Phi) is 3.99. The van der Waals surface area contributed by atoms with E-state index in [0.717, 1.165) is 22.4 Å². The molecule has 2 N–H and O–H groups in total. The lowest BCUT2D eigenvalue weighted by Crippen LogP contribution is -1.95. The molecule has 0 saturated carbocycles. The summed E-state index contributed by atoms with van der Waals surface area (Å²) < 4.78 is 5.82. The fraction of sp³-hybridized carbons (Fsp3) is 0.0526. The third-order valence-corrected chi connectivity index (χ3v) is 3.24. The van der Waals surface area contributed by atoms with Crippen LogP contribution in [0.25, 0.3) is 11.1 Å². The van der Waals surface area contributed by atoms with E-state index in [2.05, 4.69) is 18.2 Å². The van der Waals surface area contributed by atoms with Crippen molar-refractivity contribution < 1.29 is 4.74 Å². The van der Waals surface area contributed by atoms with Crippen LogP contribution in [0.3, 0.4) is 0 Å². The van der Waals surface area contributed by atoms with Crippen LogP contribution in [0.1, 0.15) is 5.56 Å². The van der Waals surface area contributed by atoms with E-state index in [1.54, 1.807) is 0 Å². The number of para-hydroxylation sites is 1. The fourth-order valence-electron chi connectivity index (χ4n) is 2.18. The summed E-state index contributed by atoms with van der Waals surface area (Å²) in [5.41, 5.74) is 9.04. The number of ether oxygens (including phenoxy) is 1. The monoisotopic (exact) mass is 274 g/mol. The molecule has 0 bridgehead atoms. The summed E-state index contributed by atoms with van der Waals surface area (Å²) in [6.07, 6.45) is 0. The van der Waals surface area contributed by atoms with Gasteiger partial charge in [0.15, 0.2) is 0 Å². The number of benzene rings is 3. The van der Waals surface area contributed by atoms with Gasteiger partial charge in [0.2, 0.25) is 0 Å². The Hall–Kier alpha value is -2.58. The van der Waals surface area contributed by atoms with Crippen molar-refractivity contribution in [1.82, 2.24) is 0 Å². The minimum absolute atomic E-state index is 0.542. The first-order valence-corrected chi connectivity index (χ1v) is 6.89. The molecular formula is C19H16NO. The highest BCUT2D eigenvalue weighted by molar-refractivity contribution is 5.65. The topological polar surface area (TPSA) is 35.2 Å². The van der Waals surface area contributed by atoms with Crippen LogP contribution in [0.15, 0.2) is 72.8 Å². The van der Waals surface area contributed by atoms with Crippen LogP contribution in [-0.4, -0.2) is 0 Å². The van der Waals surface area contributed by atoms with E-state index in [-0.39, 0.29) is 0 Å². The Bertz CT molecular complexity index is 722. The molecule has 3 rings (SSSR count). The molecule has 0 aromatic heterocycles. The second kappa shape index (κ2) is 6.25. The third kappa shape index (κ3) is 3.30. The van der Waals surface area contributed by atoms with Crippen molar-refractivity contribution in [2.45, 2.75) is 6.54 Å². The van der Waals surface area contributed by atoms with Crippen LogP contribution in [0, 0.1) is 6.07 Å². The van der Waals surface area contributed by atoms with Crippen LogP contribution in [0.5, 0.6) is 11.5 Å². The van der Waals surface area contributed by atoms with Gasteiger partial charge in [-0.3, -0.25) is 0 Å². The minimum Gasteiger partial charge on any atom is -0.457 e. The molecule has 2 nitrogen and oxygen atoms in total. The maximum atomic E-state index is 5.82. The van der Waals surface area contributed by atoms with Crippen molar-refractivity contribution in [3.05, 3.63) is 84.4 Å². The number of hydrogen-bond acceptors (Lipinski definition) is 2. The third-order valence-electron chi connectivity index (χ3n) is 3.24. The van der Waals surface area contributed by atoms with Gasteiger partial charge in [0.25, 0.3) is 0 Å². The van der Waals surface area contributed by atoms with Crippen LogP contribution in [0.2, 0.25) is 0 Å². The molecule has 1 radical (unpaired) electrons. The molecule has 0 saturated heterocycles. The molecule has 0 fully saturated rings. The van der Waals surface area contributed by atoms with Crippen molar-refractivity contribution in [3.8, 4) is 22.6 Å². The first-order chi connectivity index (χ1) is 10.3. The Labute approximate surface area is 124 Å². The number of hydrogen-bond donors (Lipinski definition) is 1. The van der Waals surface area contributed by atoms with Gasteiger partial charge in [-0.2, -0.15) is 0 Å². The van der Waals surface area contributed by atoms with Gasteiger partial charge in [-0.05, 0) is 47.0 Å². The second-order valence-electron chi connectivity index (χ2n) is 4.76. The Morgan fingerprint density at radius 3 is 2.48 bits per heavy atom. The highest BCUT2D eigenvalue weighted by Crippen LogP contribution is 2.27. The van der Waals surface area contributed by atoms with Crippen molar-refractivity contribution in [1.29, 1.82) is 0 Å². The van der Waals surface area contributed by atoms with E-state index in [9.17, 15) is 0 Å². The summed E-state index contributed by atoms with van der Waals surface area (Å²) in [6.45, 7) is 0.542. The van der Waals surface area contributed by atoms with Crippen molar-refractivity contribution in [3.63, 3.8) is 0 Å². The second-order valence-corrected chi connectivity index (χ2v) is 4.76. The average Bonchev–Trinajstić information content (AvgIpc) is 2.56. The summed E-state index contributed by atoms with van der Waals surface area (Å²) in [4.78, 5) is 0. The molecule has 0 unspecified atom stereocenters. The summed E-state index contributed by atoms with van der Waals surface area (Å²) in [5.74, 6) is 1.51. The molecule has 3 aromatic carbocycles.